The highest BCUT2D eigenvalue weighted by Crippen LogP contribution is 2.03. The summed E-state index contributed by atoms with van der Waals surface area (Å²) in [6.07, 6.45) is 3.29. The molecule has 0 fully saturated rings. The van der Waals surface area contributed by atoms with Gasteiger partial charge in [-0.25, -0.2) is 0 Å². The zero-order valence-corrected chi connectivity index (χ0v) is 11.8. The molecule has 2 rings (SSSR count). The maximum absolute atomic E-state index is 12.0. The lowest BCUT2D eigenvalue weighted by Gasteiger charge is -2.16. The number of benzene rings is 1. The third kappa shape index (κ3) is 4.42. The average molecular weight is 283 g/mol. The summed E-state index contributed by atoms with van der Waals surface area (Å²) < 4.78 is 0. The molecule has 0 unspecified atom stereocenters. The third-order valence-corrected chi connectivity index (χ3v) is 3.01. The van der Waals surface area contributed by atoms with Gasteiger partial charge >= 0.3 is 11.8 Å². The summed E-state index contributed by atoms with van der Waals surface area (Å²) in [4.78, 5) is 29.1. The number of pyridine rings is 1. The maximum Gasteiger partial charge on any atom is 0.311 e. The molecule has 0 aliphatic heterocycles. The van der Waals surface area contributed by atoms with Crippen LogP contribution in [0.1, 0.15) is 11.1 Å². The van der Waals surface area contributed by atoms with Gasteiger partial charge < -0.3 is 10.2 Å². The van der Waals surface area contributed by atoms with Gasteiger partial charge in [-0.15, -0.1) is 0 Å². The van der Waals surface area contributed by atoms with Gasteiger partial charge in [-0.2, -0.15) is 0 Å². The summed E-state index contributed by atoms with van der Waals surface area (Å²) in [5.41, 5.74) is 1.88. The predicted molar refractivity (Wildman–Crippen MR) is 79.0 cm³/mol. The second-order valence-electron chi connectivity index (χ2n) is 4.68. The molecule has 2 amide bonds. The van der Waals surface area contributed by atoms with Crippen molar-refractivity contribution in [3.8, 4) is 0 Å². The fourth-order valence-corrected chi connectivity index (χ4v) is 1.86. The standard InChI is InChI=1S/C16H17N3O2/c1-19(12-14-5-3-2-4-6-14)16(21)15(20)18-11-13-7-9-17-10-8-13/h2-10H,11-12H2,1H3,(H,18,20). The van der Waals surface area contributed by atoms with Crippen molar-refractivity contribution in [3.63, 3.8) is 0 Å². The van der Waals surface area contributed by atoms with Crippen LogP contribution in [0.5, 0.6) is 0 Å². The molecule has 108 valence electrons. The van der Waals surface area contributed by atoms with Crippen molar-refractivity contribution in [2.45, 2.75) is 13.1 Å². The molecule has 0 saturated carbocycles. The quantitative estimate of drug-likeness (QED) is 0.862. The molecule has 0 aliphatic rings. The lowest BCUT2D eigenvalue weighted by molar-refractivity contribution is -0.145. The van der Waals surface area contributed by atoms with Gasteiger partial charge in [-0.05, 0) is 23.3 Å². The highest BCUT2D eigenvalue weighted by molar-refractivity contribution is 6.34. The largest absolute Gasteiger partial charge is 0.344 e. The first-order valence-electron chi connectivity index (χ1n) is 6.63. The van der Waals surface area contributed by atoms with Crippen molar-refractivity contribution in [2.75, 3.05) is 7.05 Å². The Hall–Kier alpha value is -2.69. The van der Waals surface area contributed by atoms with Crippen LogP contribution in [0, 0.1) is 0 Å². The molecule has 2 aromatic rings. The van der Waals surface area contributed by atoms with Crippen LogP contribution in [-0.4, -0.2) is 28.7 Å². The Kier molecular flexibility index (Phi) is 5.04. The Bertz CT molecular complexity index is 599. The summed E-state index contributed by atoms with van der Waals surface area (Å²) in [7, 11) is 1.61. The second-order valence-corrected chi connectivity index (χ2v) is 4.68. The van der Waals surface area contributed by atoms with Crippen LogP contribution in [0.4, 0.5) is 0 Å². The van der Waals surface area contributed by atoms with E-state index in [9.17, 15) is 9.59 Å². The molecule has 1 N–H and O–H groups in total. The number of amides is 2. The smallest absolute Gasteiger partial charge is 0.311 e. The zero-order valence-electron chi connectivity index (χ0n) is 11.8. The molecule has 1 heterocycles. The van der Waals surface area contributed by atoms with Gasteiger partial charge in [-0.3, -0.25) is 14.6 Å². The third-order valence-electron chi connectivity index (χ3n) is 3.01. The van der Waals surface area contributed by atoms with Gasteiger partial charge in [0.2, 0.25) is 0 Å². The van der Waals surface area contributed by atoms with Crippen LogP contribution in [-0.2, 0) is 22.7 Å². The Labute approximate surface area is 123 Å². The van der Waals surface area contributed by atoms with Crippen molar-refractivity contribution in [1.29, 1.82) is 0 Å². The first kappa shape index (κ1) is 14.7. The van der Waals surface area contributed by atoms with Gasteiger partial charge in [0.25, 0.3) is 0 Å². The summed E-state index contributed by atoms with van der Waals surface area (Å²) in [5, 5.41) is 2.61. The average Bonchev–Trinajstić information content (AvgIpc) is 2.53. The lowest BCUT2D eigenvalue weighted by atomic mass is 10.2. The van der Waals surface area contributed by atoms with Gasteiger partial charge in [0.1, 0.15) is 0 Å². The maximum atomic E-state index is 12.0. The molecule has 0 saturated heterocycles. The Morgan fingerprint density at radius 2 is 1.71 bits per heavy atom. The SMILES string of the molecule is CN(Cc1ccccc1)C(=O)C(=O)NCc1ccncc1. The minimum Gasteiger partial charge on any atom is -0.344 e. The molecular formula is C16H17N3O2. The normalized spacial score (nSPS) is 9.95. The highest BCUT2D eigenvalue weighted by Gasteiger charge is 2.18. The number of carbonyl (C=O) groups excluding carboxylic acids is 2. The van der Waals surface area contributed by atoms with Crippen molar-refractivity contribution < 1.29 is 9.59 Å². The zero-order chi connectivity index (χ0) is 15.1. The van der Waals surface area contributed by atoms with Crippen LogP contribution in [0.15, 0.2) is 54.9 Å². The highest BCUT2D eigenvalue weighted by atomic mass is 16.2. The number of aromatic nitrogens is 1. The number of hydrogen-bond donors (Lipinski definition) is 1. The number of rotatable bonds is 4. The number of carbonyl (C=O) groups is 2. The number of nitrogens with zero attached hydrogens (tertiary/aromatic N) is 2. The van der Waals surface area contributed by atoms with E-state index < -0.39 is 11.8 Å². The Morgan fingerprint density at radius 3 is 2.38 bits per heavy atom. The van der Waals surface area contributed by atoms with Crippen molar-refractivity contribution >= 4 is 11.8 Å². The molecule has 5 nitrogen and oxygen atoms in total. The minimum atomic E-state index is -0.606. The van der Waals surface area contributed by atoms with Crippen LogP contribution in [0.3, 0.4) is 0 Å². The molecule has 0 aliphatic carbocycles. The van der Waals surface area contributed by atoms with Gasteiger partial charge in [0, 0.05) is 32.5 Å². The van der Waals surface area contributed by atoms with Gasteiger partial charge in [-0.1, -0.05) is 30.3 Å². The van der Waals surface area contributed by atoms with Crippen LogP contribution < -0.4 is 5.32 Å². The van der Waals surface area contributed by atoms with E-state index in [4.69, 9.17) is 0 Å². The molecule has 0 bridgehead atoms. The van der Waals surface area contributed by atoms with Crippen LogP contribution in [0.2, 0.25) is 0 Å². The summed E-state index contributed by atoms with van der Waals surface area (Å²) in [6.45, 7) is 0.717. The van der Waals surface area contributed by atoms with E-state index in [1.807, 2.05) is 30.3 Å². The van der Waals surface area contributed by atoms with E-state index in [0.29, 0.717) is 13.1 Å². The van der Waals surface area contributed by atoms with Crippen LogP contribution >= 0.6 is 0 Å². The minimum absolute atomic E-state index is 0.312. The van der Waals surface area contributed by atoms with Crippen LogP contribution in [0.25, 0.3) is 0 Å². The topological polar surface area (TPSA) is 62.3 Å². The first-order valence-corrected chi connectivity index (χ1v) is 6.63. The summed E-state index contributed by atoms with van der Waals surface area (Å²) >= 11 is 0. The fourth-order valence-electron chi connectivity index (χ4n) is 1.86. The molecule has 21 heavy (non-hydrogen) atoms. The van der Waals surface area contributed by atoms with Crippen molar-refractivity contribution in [2.24, 2.45) is 0 Å². The van der Waals surface area contributed by atoms with Crippen molar-refractivity contribution in [1.82, 2.24) is 15.2 Å². The second kappa shape index (κ2) is 7.19. The molecule has 0 spiro atoms. The monoisotopic (exact) mass is 283 g/mol. The Balaban J connectivity index is 1.85. The number of hydrogen-bond acceptors (Lipinski definition) is 3. The molecule has 1 aromatic carbocycles. The van der Waals surface area contributed by atoms with Gasteiger partial charge in [0.05, 0.1) is 0 Å². The predicted octanol–water partition coefficient (Wildman–Crippen LogP) is 1.36. The van der Waals surface area contributed by atoms with E-state index in [-0.39, 0.29) is 0 Å². The van der Waals surface area contributed by atoms with Crippen molar-refractivity contribution in [3.05, 3.63) is 66.0 Å². The molecule has 5 heteroatoms. The van der Waals surface area contributed by atoms with E-state index in [1.165, 1.54) is 4.90 Å². The fraction of sp³-hybridized carbons (Fsp3) is 0.188. The van der Waals surface area contributed by atoms with Gasteiger partial charge in [0.15, 0.2) is 0 Å². The lowest BCUT2D eigenvalue weighted by Crippen LogP contribution is -2.40. The van der Waals surface area contributed by atoms with E-state index in [0.717, 1.165) is 11.1 Å². The molecule has 1 aromatic heterocycles. The summed E-state index contributed by atoms with van der Waals surface area (Å²) in [6, 6.07) is 13.1. The molecule has 0 radical (unpaired) electrons. The number of likely N-dealkylation sites (N-methyl/N-ethyl adjacent to an activating group) is 1. The van der Waals surface area contributed by atoms with E-state index >= 15 is 0 Å². The first-order chi connectivity index (χ1) is 10.2. The van der Waals surface area contributed by atoms with E-state index in [1.54, 1.807) is 31.6 Å². The summed E-state index contributed by atoms with van der Waals surface area (Å²) in [5.74, 6) is -1.15. The van der Waals surface area contributed by atoms with E-state index in [2.05, 4.69) is 10.3 Å². The Morgan fingerprint density at radius 1 is 1.05 bits per heavy atom. The molecular weight excluding hydrogens is 266 g/mol. The number of nitrogens with one attached hydrogen (secondary N) is 1. The molecule has 0 atom stereocenters.